The van der Waals surface area contributed by atoms with Gasteiger partial charge in [0.1, 0.15) is 11.6 Å². The second-order valence-electron chi connectivity index (χ2n) is 6.31. The van der Waals surface area contributed by atoms with Crippen LogP contribution in [0, 0.1) is 17.6 Å². The first-order valence-corrected chi connectivity index (χ1v) is 7.41. The molecule has 0 aromatic heterocycles. The predicted molar refractivity (Wildman–Crippen MR) is 73.4 cm³/mol. The zero-order valence-electron chi connectivity index (χ0n) is 11.8. The monoisotopic (exact) mass is 281 g/mol. The lowest BCUT2D eigenvalue weighted by atomic mass is 9.78. The third-order valence-corrected chi connectivity index (χ3v) is 4.61. The normalized spacial score (nSPS) is 34.4. The Bertz CT molecular complexity index is 463. The molecule has 20 heavy (non-hydrogen) atoms. The summed E-state index contributed by atoms with van der Waals surface area (Å²) in [6.07, 6.45) is 4.10. The first-order chi connectivity index (χ1) is 9.56. The number of hydrogen-bond donors (Lipinski definition) is 1. The minimum absolute atomic E-state index is 0.155. The van der Waals surface area contributed by atoms with E-state index >= 15 is 0 Å². The number of rotatable bonds is 1. The zero-order valence-corrected chi connectivity index (χ0v) is 11.8. The summed E-state index contributed by atoms with van der Waals surface area (Å²) < 4.78 is 33.0. The van der Waals surface area contributed by atoms with E-state index in [1.165, 1.54) is 12.1 Å². The molecule has 1 aromatic rings. The molecular formula is C16H21F2NO. The van der Waals surface area contributed by atoms with Crippen LogP contribution in [0.2, 0.25) is 0 Å². The standard InChI is InChI=1S/C16H21F2NO/c1-11-2-4-16(5-3-11)10-19-9-15(20-16)12-6-13(17)8-14(18)7-12/h6-8,11,15,19H,2-5,9-10H2,1H3. The molecule has 1 spiro atoms. The quantitative estimate of drug-likeness (QED) is 0.849. The van der Waals surface area contributed by atoms with Gasteiger partial charge in [0.25, 0.3) is 0 Å². The molecule has 1 N–H and O–H groups in total. The SMILES string of the molecule is CC1CCC2(CC1)CNCC(c1cc(F)cc(F)c1)O2. The van der Waals surface area contributed by atoms with E-state index in [9.17, 15) is 8.78 Å². The van der Waals surface area contributed by atoms with E-state index in [2.05, 4.69) is 12.2 Å². The first kappa shape index (κ1) is 14.0. The van der Waals surface area contributed by atoms with E-state index in [-0.39, 0.29) is 11.7 Å². The summed E-state index contributed by atoms with van der Waals surface area (Å²) in [6, 6.07) is 3.65. The van der Waals surface area contributed by atoms with Crippen LogP contribution in [-0.4, -0.2) is 18.7 Å². The maximum atomic E-state index is 13.4. The summed E-state index contributed by atoms with van der Waals surface area (Å²) in [5, 5.41) is 3.38. The van der Waals surface area contributed by atoms with Crippen LogP contribution in [0.25, 0.3) is 0 Å². The van der Waals surface area contributed by atoms with E-state index < -0.39 is 11.6 Å². The molecular weight excluding hydrogens is 260 g/mol. The first-order valence-electron chi connectivity index (χ1n) is 7.41. The summed E-state index contributed by atoms with van der Waals surface area (Å²) in [4.78, 5) is 0. The molecule has 1 saturated heterocycles. The lowest BCUT2D eigenvalue weighted by Gasteiger charge is -2.45. The van der Waals surface area contributed by atoms with Gasteiger partial charge in [-0.15, -0.1) is 0 Å². The van der Waals surface area contributed by atoms with Gasteiger partial charge in [0, 0.05) is 19.2 Å². The minimum Gasteiger partial charge on any atom is -0.364 e. The Kier molecular flexibility index (Phi) is 3.78. The van der Waals surface area contributed by atoms with Crippen LogP contribution in [0.15, 0.2) is 18.2 Å². The van der Waals surface area contributed by atoms with Gasteiger partial charge in [0.2, 0.25) is 0 Å². The van der Waals surface area contributed by atoms with E-state index in [0.717, 1.165) is 44.2 Å². The van der Waals surface area contributed by atoms with Crippen LogP contribution in [0.5, 0.6) is 0 Å². The Hall–Kier alpha value is -1.00. The Morgan fingerprint density at radius 3 is 2.45 bits per heavy atom. The van der Waals surface area contributed by atoms with Crippen molar-refractivity contribution in [2.24, 2.45) is 5.92 Å². The number of nitrogens with one attached hydrogen (secondary N) is 1. The lowest BCUT2D eigenvalue weighted by molar-refractivity contribution is -0.140. The van der Waals surface area contributed by atoms with Gasteiger partial charge < -0.3 is 10.1 Å². The molecule has 4 heteroatoms. The largest absolute Gasteiger partial charge is 0.364 e. The van der Waals surface area contributed by atoms with Crippen molar-refractivity contribution in [2.45, 2.75) is 44.3 Å². The highest BCUT2D eigenvalue weighted by Gasteiger charge is 2.40. The number of hydrogen-bond acceptors (Lipinski definition) is 2. The third kappa shape index (κ3) is 2.86. The van der Waals surface area contributed by atoms with Crippen LogP contribution in [0.3, 0.4) is 0 Å². The lowest BCUT2D eigenvalue weighted by Crippen LogP contribution is -2.52. The van der Waals surface area contributed by atoms with Gasteiger partial charge in [-0.1, -0.05) is 6.92 Å². The zero-order chi connectivity index (χ0) is 14.2. The Balaban J connectivity index is 1.78. The summed E-state index contributed by atoms with van der Waals surface area (Å²) in [5.41, 5.74) is 0.436. The third-order valence-electron chi connectivity index (χ3n) is 4.61. The molecule has 1 heterocycles. The van der Waals surface area contributed by atoms with E-state index in [1.807, 2.05) is 0 Å². The van der Waals surface area contributed by atoms with Crippen molar-refractivity contribution >= 4 is 0 Å². The highest BCUT2D eigenvalue weighted by molar-refractivity contribution is 5.21. The van der Waals surface area contributed by atoms with Gasteiger partial charge in [0.15, 0.2) is 0 Å². The Labute approximate surface area is 118 Å². The molecule has 1 aromatic carbocycles. The van der Waals surface area contributed by atoms with Gasteiger partial charge in [-0.05, 0) is 49.3 Å². The predicted octanol–water partition coefficient (Wildman–Crippen LogP) is 3.57. The van der Waals surface area contributed by atoms with Crippen LogP contribution >= 0.6 is 0 Å². The van der Waals surface area contributed by atoms with Crippen LogP contribution < -0.4 is 5.32 Å². The molecule has 2 aliphatic rings. The molecule has 1 atom stereocenters. The average Bonchev–Trinajstić information content (AvgIpc) is 2.42. The fourth-order valence-corrected chi connectivity index (χ4v) is 3.35. The van der Waals surface area contributed by atoms with Gasteiger partial charge >= 0.3 is 0 Å². The van der Waals surface area contributed by atoms with E-state index in [4.69, 9.17) is 4.74 Å². The Morgan fingerprint density at radius 2 is 1.80 bits per heavy atom. The van der Waals surface area contributed by atoms with Crippen molar-refractivity contribution in [1.29, 1.82) is 0 Å². The molecule has 1 aliphatic carbocycles. The summed E-state index contributed by atoms with van der Waals surface area (Å²) in [6.45, 7) is 3.72. The average molecular weight is 281 g/mol. The van der Waals surface area contributed by atoms with Crippen molar-refractivity contribution in [3.8, 4) is 0 Å². The summed E-state index contributed by atoms with van der Waals surface area (Å²) >= 11 is 0. The van der Waals surface area contributed by atoms with E-state index in [1.54, 1.807) is 0 Å². The summed E-state index contributed by atoms with van der Waals surface area (Å²) in [5.74, 6) is -0.336. The molecule has 3 rings (SSSR count). The van der Waals surface area contributed by atoms with E-state index in [0.29, 0.717) is 12.1 Å². The molecule has 2 fully saturated rings. The molecule has 0 amide bonds. The molecule has 110 valence electrons. The number of benzene rings is 1. The van der Waals surface area contributed by atoms with Gasteiger partial charge in [-0.25, -0.2) is 8.78 Å². The smallest absolute Gasteiger partial charge is 0.126 e. The van der Waals surface area contributed by atoms with Crippen molar-refractivity contribution in [1.82, 2.24) is 5.32 Å². The van der Waals surface area contributed by atoms with Gasteiger partial charge in [0.05, 0.1) is 11.7 Å². The van der Waals surface area contributed by atoms with Crippen LogP contribution in [-0.2, 0) is 4.74 Å². The maximum Gasteiger partial charge on any atom is 0.126 e. The highest BCUT2D eigenvalue weighted by Crippen LogP contribution is 2.39. The molecule has 0 radical (unpaired) electrons. The molecule has 0 bridgehead atoms. The van der Waals surface area contributed by atoms with Gasteiger partial charge in [-0.3, -0.25) is 0 Å². The summed E-state index contributed by atoms with van der Waals surface area (Å²) in [7, 11) is 0. The Morgan fingerprint density at radius 1 is 1.15 bits per heavy atom. The minimum atomic E-state index is -0.541. The van der Waals surface area contributed by atoms with Crippen molar-refractivity contribution in [3.63, 3.8) is 0 Å². The fourth-order valence-electron chi connectivity index (χ4n) is 3.35. The number of morpholine rings is 1. The van der Waals surface area contributed by atoms with Gasteiger partial charge in [-0.2, -0.15) is 0 Å². The second-order valence-corrected chi connectivity index (χ2v) is 6.31. The fraction of sp³-hybridized carbons (Fsp3) is 0.625. The highest BCUT2D eigenvalue weighted by atomic mass is 19.1. The van der Waals surface area contributed by atoms with Crippen molar-refractivity contribution in [2.75, 3.05) is 13.1 Å². The molecule has 2 nitrogen and oxygen atoms in total. The number of halogens is 2. The maximum absolute atomic E-state index is 13.4. The molecule has 1 unspecified atom stereocenters. The number of ether oxygens (including phenoxy) is 1. The topological polar surface area (TPSA) is 21.3 Å². The second kappa shape index (κ2) is 5.41. The molecule has 1 aliphatic heterocycles. The molecule has 1 saturated carbocycles. The van der Waals surface area contributed by atoms with Crippen LogP contribution in [0.1, 0.15) is 44.3 Å². The van der Waals surface area contributed by atoms with Crippen molar-refractivity contribution in [3.05, 3.63) is 35.4 Å². The van der Waals surface area contributed by atoms with Crippen molar-refractivity contribution < 1.29 is 13.5 Å². The van der Waals surface area contributed by atoms with Crippen LogP contribution in [0.4, 0.5) is 8.78 Å².